The first-order valence-corrected chi connectivity index (χ1v) is 11.4. The van der Waals surface area contributed by atoms with Crippen LogP contribution in [-0.4, -0.2) is 78.1 Å². The Labute approximate surface area is 190 Å². The fourth-order valence-corrected chi connectivity index (χ4v) is 4.73. The van der Waals surface area contributed by atoms with Crippen molar-refractivity contribution in [2.45, 2.75) is 59.0 Å². The molecule has 2 aliphatic rings. The summed E-state index contributed by atoms with van der Waals surface area (Å²) in [6, 6.07) is 5.83. The topological polar surface area (TPSA) is 93.2 Å². The number of carbonyl (C=O) groups is 3. The molecule has 2 heterocycles. The Hall–Kier alpha value is -2.61. The third-order valence-electron chi connectivity index (χ3n) is 6.52. The van der Waals surface area contributed by atoms with Crippen LogP contribution >= 0.6 is 0 Å². The summed E-state index contributed by atoms with van der Waals surface area (Å²) in [5.74, 6) is -0.0815. The van der Waals surface area contributed by atoms with Crippen molar-refractivity contribution in [1.29, 1.82) is 0 Å². The van der Waals surface area contributed by atoms with E-state index in [-0.39, 0.29) is 37.0 Å². The van der Waals surface area contributed by atoms with Crippen molar-refractivity contribution in [3.63, 3.8) is 0 Å². The van der Waals surface area contributed by atoms with E-state index in [9.17, 15) is 19.5 Å². The molecule has 0 aliphatic carbocycles. The van der Waals surface area contributed by atoms with Crippen molar-refractivity contribution in [2.75, 3.05) is 38.1 Å². The van der Waals surface area contributed by atoms with Gasteiger partial charge in [-0.05, 0) is 57.4 Å². The van der Waals surface area contributed by atoms with Crippen molar-refractivity contribution >= 4 is 23.6 Å². The molecule has 0 bridgehead atoms. The van der Waals surface area contributed by atoms with Crippen LogP contribution in [0.4, 0.5) is 10.5 Å². The molecule has 1 aromatic carbocycles. The van der Waals surface area contributed by atoms with Gasteiger partial charge in [-0.3, -0.25) is 9.59 Å². The summed E-state index contributed by atoms with van der Waals surface area (Å²) in [6.07, 6.45) is 1.56. The van der Waals surface area contributed by atoms with Crippen molar-refractivity contribution in [3.05, 3.63) is 29.3 Å². The Morgan fingerprint density at radius 1 is 1.31 bits per heavy atom. The molecule has 0 unspecified atom stereocenters. The third-order valence-corrected chi connectivity index (χ3v) is 6.52. The van der Waals surface area contributed by atoms with Crippen LogP contribution in [0, 0.1) is 5.41 Å². The van der Waals surface area contributed by atoms with Crippen LogP contribution in [-0.2, 0) is 11.2 Å². The van der Waals surface area contributed by atoms with Gasteiger partial charge in [0.15, 0.2) is 0 Å². The van der Waals surface area contributed by atoms with Gasteiger partial charge in [0, 0.05) is 55.4 Å². The maximum Gasteiger partial charge on any atom is 0.407 e. The van der Waals surface area contributed by atoms with Crippen LogP contribution in [0.5, 0.6) is 0 Å². The number of nitrogens with zero attached hydrogens (tertiary/aromatic N) is 3. The van der Waals surface area contributed by atoms with Crippen LogP contribution in [0.25, 0.3) is 0 Å². The summed E-state index contributed by atoms with van der Waals surface area (Å²) in [5.41, 5.74) is 1.69. The lowest BCUT2D eigenvalue weighted by Crippen LogP contribution is -2.52. The fraction of sp³-hybridized carbons (Fsp3) is 0.625. The highest BCUT2D eigenvalue weighted by molar-refractivity contribution is 6.02. The van der Waals surface area contributed by atoms with Gasteiger partial charge < -0.3 is 25.1 Å². The maximum atomic E-state index is 13.6. The smallest absolute Gasteiger partial charge is 0.407 e. The highest BCUT2D eigenvalue weighted by atomic mass is 16.4. The van der Waals surface area contributed by atoms with E-state index in [1.165, 1.54) is 11.9 Å². The molecule has 1 saturated heterocycles. The van der Waals surface area contributed by atoms with Crippen molar-refractivity contribution in [2.24, 2.45) is 5.41 Å². The number of nitrogens with one attached hydrogen (secondary N) is 1. The van der Waals surface area contributed by atoms with Crippen molar-refractivity contribution < 1.29 is 19.5 Å². The van der Waals surface area contributed by atoms with E-state index in [1.807, 2.05) is 50.8 Å². The highest BCUT2D eigenvalue weighted by Crippen LogP contribution is 2.38. The van der Waals surface area contributed by atoms with E-state index in [4.69, 9.17) is 0 Å². The average molecular weight is 445 g/mol. The Bertz CT molecular complexity index is 877. The maximum absolute atomic E-state index is 13.6. The molecule has 0 spiro atoms. The first-order chi connectivity index (χ1) is 15.0. The molecule has 3 amide bonds. The van der Waals surface area contributed by atoms with Crippen LogP contribution in [0.2, 0.25) is 0 Å². The van der Waals surface area contributed by atoms with Crippen molar-refractivity contribution in [3.8, 4) is 0 Å². The van der Waals surface area contributed by atoms with Crippen LogP contribution in [0.1, 0.15) is 56.5 Å². The highest BCUT2D eigenvalue weighted by Gasteiger charge is 2.39. The number of piperidine rings is 1. The lowest BCUT2D eigenvalue weighted by molar-refractivity contribution is -0.127. The first kappa shape index (κ1) is 24.0. The standard InChI is InChI=1S/C24H36N4O4/c1-16(2)28(19-7-6-10-25-15-19)21(29)17-8-9-18-14-24(3,4)22(30)27(20(18)13-17)12-11-26(5)23(31)32/h8-9,13,16,19,25H,6-7,10-12,14-15H2,1-5H3,(H,31,32)/t19-/m1/s1. The average Bonchev–Trinajstić information content (AvgIpc) is 2.74. The number of carboxylic acid groups (broad SMARTS) is 1. The molecule has 1 fully saturated rings. The minimum Gasteiger partial charge on any atom is -0.465 e. The summed E-state index contributed by atoms with van der Waals surface area (Å²) < 4.78 is 0. The van der Waals surface area contributed by atoms with Gasteiger partial charge in [0.1, 0.15) is 0 Å². The molecule has 32 heavy (non-hydrogen) atoms. The van der Waals surface area contributed by atoms with Gasteiger partial charge in [0.25, 0.3) is 5.91 Å². The number of amides is 3. The minimum absolute atomic E-state index is 0.0311. The molecule has 1 atom stereocenters. The lowest BCUT2D eigenvalue weighted by atomic mass is 9.80. The molecule has 8 heteroatoms. The van der Waals surface area contributed by atoms with Crippen LogP contribution < -0.4 is 10.2 Å². The zero-order valence-electron chi connectivity index (χ0n) is 19.9. The van der Waals surface area contributed by atoms with Gasteiger partial charge in [0.05, 0.1) is 0 Å². The summed E-state index contributed by atoms with van der Waals surface area (Å²) >= 11 is 0. The number of hydrogen-bond donors (Lipinski definition) is 2. The predicted molar refractivity (Wildman–Crippen MR) is 124 cm³/mol. The normalized spacial score (nSPS) is 20.1. The second kappa shape index (κ2) is 9.48. The predicted octanol–water partition coefficient (Wildman–Crippen LogP) is 2.81. The molecule has 0 radical (unpaired) electrons. The Morgan fingerprint density at radius 2 is 2.03 bits per heavy atom. The van der Waals surface area contributed by atoms with Gasteiger partial charge >= 0.3 is 6.09 Å². The molecule has 2 aliphatic heterocycles. The van der Waals surface area contributed by atoms with Gasteiger partial charge in [-0.15, -0.1) is 0 Å². The van der Waals surface area contributed by atoms with E-state index < -0.39 is 11.5 Å². The molecule has 0 saturated carbocycles. The van der Waals surface area contributed by atoms with E-state index in [1.54, 1.807) is 4.90 Å². The molecule has 3 rings (SSSR count). The van der Waals surface area contributed by atoms with E-state index in [2.05, 4.69) is 5.32 Å². The van der Waals surface area contributed by atoms with Gasteiger partial charge in [-0.2, -0.15) is 0 Å². The summed E-state index contributed by atoms with van der Waals surface area (Å²) in [7, 11) is 1.49. The van der Waals surface area contributed by atoms with Crippen LogP contribution in [0.3, 0.4) is 0 Å². The molecular formula is C24H36N4O4. The number of anilines is 1. The molecule has 8 nitrogen and oxygen atoms in total. The summed E-state index contributed by atoms with van der Waals surface area (Å²) in [5, 5.41) is 12.6. The molecule has 2 N–H and O–H groups in total. The van der Waals surface area contributed by atoms with E-state index in [0.29, 0.717) is 17.7 Å². The first-order valence-electron chi connectivity index (χ1n) is 11.4. The Balaban J connectivity index is 1.93. The molecule has 0 aromatic heterocycles. The quantitative estimate of drug-likeness (QED) is 0.704. The van der Waals surface area contributed by atoms with E-state index >= 15 is 0 Å². The number of hydrogen-bond acceptors (Lipinski definition) is 4. The fourth-order valence-electron chi connectivity index (χ4n) is 4.73. The third kappa shape index (κ3) is 4.90. The monoisotopic (exact) mass is 444 g/mol. The second-order valence-electron chi connectivity index (χ2n) is 9.87. The summed E-state index contributed by atoms with van der Waals surface area (Å²) in [6.45, 7) is 10.1. The number of benzene rings is 1. The van der Waals surface area contributed by atoms with E-state index in [0.717, 1.165) is 31.5 Å². The van der Waals surface area contributed by atoms with Crippen molar-refractivity contribution in [1.82, 2.24) is 15.1 Å². The number of fused-ring (bicyclic) bond motifs is 1. The molecule has 176 valence electrons. The summed E-state index contributed by atoms with van der Waals surface area (Å²) in [4.78, 5) is 42.8. The van der Waals surface area contributed by atoms with Crippen LogP contribution in [0.15, 0.2) is 18.2 Å². The minimum atomic E-state index is -1.04. The van der Waals surface area contributed by atoms with Gasteiger partial charge in [-0.25, -0.2) is 4.79 Å². The number of likely N-dealkylation sites (N-methyl/N-ethyl adjacent to an activating group) is 1. The largest absolute Gasteiger partial charge is 0.465 e. The second-order valence-corrected chi connectivity index (χ2v) is 9.87. The molecular weight excluding hydrogens is 408 g/mol. The van der Waals surface area contributed by atoms with Gasteiger partial charge in [-0.1, -0.05) is 19.9 Å². The number of carbonyl (C=O) groups excluding carboxylic acids is 2. The molecule has 1 aromatic rings. The Kier molecular flexibility index (Phi) is 7.12. The van der Waals surface area contributed by atoms with Gasteiger partial charge in [0.2, 0.25) is 5.91 Å². The zero-order valence-corrected chi connectivity index (χ0v) is 19.9. The SMILES string of the molecule is CC(C)N(C(=O)c1ccc2c(c1)N(CCN(C)C(=O)O)C(=O)C(C)(C)C2)[C@@H]1CCCNC1. The number of rotatable bonds is 6. The zero-order chi connectivity index (χ0) is 23.6. The Morgan fingerprint density at radius 3 is 2.62 bits per heavy atom. The lowest BCUT2D eigenvalue weighted by Gasteiger charge is -2.40.